The molecule has 0 aliphatic heterocycles. The molecule has 0 saturated carbocycles. The number of nitrogens with zero attached hydrogens (tertiary/aromatic N) is 4. The summed E-state index contributed by atoms with van der Waals surface area (Å²) >= 11 is 0. The highest BCUT2D eigenvalue weighted by Crippen LogP contribution is 2.22. The van der Waals surface area contributed by atoms with Crippen LogP contribution in [0.4, 0.5) is 5.95 Å². The molecule has 0 bridgehead atoms. The molecule has 0 saturated heterocycles. The summed E-state index contributed by atoms with van der Waals surface area (Å²) in [5.41, 5.74) is 8.92. The maximum absolute atomic E-state index is 11.1. The van der Waals surface area contributed by atoms with E-state index in [2.05, 4.69) is 26.9 Å². The van der Waals surface area contributed by atoms with Crippen molar-refractivity contribution in [2.45, 2.75) is 52.4 Å². The normalized spacial score (nSPS) is 10.7. The van der Waals surface area contributed by atoms with Crippen LogP contribution in [0.25, 0.3) is 0 Å². The number of Topliss-reactive ketones (excluding diaryl/α,β-unsaturated/α-hetero) is 1. The third-order valence-electron chi connectivity index (χ3n) is 4.68. The third-order valence-corrected chi connectivity index (χ3v) is 4.68. The number of rotatable bonds is 10. The van der Waals surface area contributed by atoms with Crippen molar-refractivity contribution in [1.82, 2.24) is 19.9 Å². The molecule has 3 aromatic rings. The topological polar surface area (TPSA) is 104 Å². The van der Waals surface area contributed by atoms with E-state index in [0.29, 0.717) is 30.9 Å². The molecule has 0 unspecified atom stereocenters. The molecule has 3 rings (SSSR count). The van der Waals surface area contributed by atoms with E-state index in [-0.39, 0.29) is 11.7 Å². The number of nitrogen functional groups attached to an aromatic ring is 1. The van der Waals surface area contributed by atoms with Crippen LogP contribution in [0.3, 0.4) is 0 Å². The smallest absolute Gasteiger partial charge is 0.224 e. The molecule has 0 atom stereocenters. The van der Waals surface area contributed by atoms with E-state index in [1.54, 1.807) is 13.0 Å². The molecule has 2 heterocycles. The van der Waals surface area contributed by atoms with Crippen LogP contribution in [0.1, 0.15) is 49.3 Å². The zero-order chi connectivity index (χ0) is 21.3. The van der Waals surface area contributed by atoms with Crippen LogP contribution in [0.15, 0.2) is 42.7 Å². The van der Waals surface area contributed by atoms with Crippen molar-refractivity contribution in [3.05, 3.63) is 65.4 Å². The molecule has 30 heavy (non-hydrogen) atoms. The lowest BCUT2D eigenvalue weighted by molar-refractivity contribution is -0.117. The number of hydrogen-bond donors (Lipinski definition) is 1. The number of benzene rings is 1. The summed E-state index contributed by atoms with van der Waals surface area (Å²) in [6.07, 6.45) is 8.26. The minimum absolute atomic E-state index is 0.172. The Morgan fingerprint density at radius 2 is 1.73 bits per heavy atom. The van der Waals surface area contributed by atoms with Gasteiger partial charge in [-0.2, -0.15) is 4.98 Å². The first kappa shape index (κ1) is 21.4. The summed E-state index contributed by atoms with van der Waals surface area (Å²) in [6.45, 7) is 3.69. The van der Waals surface area contributed by atoms with Crippen LogP contribution in [0.5, 0.6) is 11.6 Å². The molecular formula is C23H27N5O2. The largest absolute Gasteiger partial charge is 0.439 e. The minimum Gasteiger partial charge on any atom is -0.439 e. The number of carbonyl (C=O) groups is 1. The van der Waals surface area contributed by atoms with Gasteiger partial charge in [-0.1, -0.05) is 19.1 Å². The van der Waals surface area contributed by atoms with Crippen molar-refractivity contribution in [2.75, 3.05) is 5.73 Å². The number of anilines is 1. The summed E-state index contributed by atoms with van der Waals surface area (Å²) in [5, 5.41) is 0. The maximum Gasteiger partial charge on any atom is 0.224 e. The maximum atomic E-state index is 11.1. The minimum atomic E-state index is 0.172. The molecule has 0 radical (unpaired) electrons. The lowest BCUT2D eigenvalue weighted by atomic mass is 10.1. The Morgan fingerprint density at radius 3 is 2.40 bits per heavy atom. The number of nitrogens with two attached hydrogens (primary N) is 1. The molecule has 0 aliphatic carbocycles. The molecular weight excluding hydrogens is 378 g/mol. The molecule has 2 N–H and O–H groups in total. The van der Waals surface area contributed by atoms with Gasteiger partial charge >= 0.3 is 0 Å². The fraction of sp³-hybridized carbons (Fsp3) is 0.348. The van der Waals surface area contributed by atoms with E-state index in [1.165, 1.54) is 5.56 Å². The number of ether oxygens (including phenoxy) is 1. The van der Waals surface area contributed by atoms with E-state index in [0.717, 1.165) is 36.3 Å². The van der Waals surface area contributed by atoms with Gasteiger partial charge in [-0.05, 0) is 55.9 Å². The molecule has 0 amide bonds. The summed E-state index contributed by atoms with van der Waals surface area (Å²) in [4.78, 5) is 28.3. The first-order valence-corrected chi connectivity index (χ1v) is 10.2. The Kier molecular flexibility index (Phi) is 7.43. The number of aromatic nitrogens is 4. The van der Waals surface area contributed by atoms with Crippen molar-refractivity contribution < 1.29 is 9.53 Å². The molecule has 1 aromatic carbocycles. The lowest BCUT2D eigenvalue weighted by Crippen LogP contribution is -2.04. The summed E-state index contributed by atoms with van der Waals surface area (Å²) in [7, 11) is 0. The predicted octanol–water partition coefficient (Wildman–Crippen LogP) is 3.90. The second kappa shape index (κ2) is 10.4. The van der Waals surface area contributed by atoms with Gasteiger partial charge in [0.1, 0.15) is 17.4 Å². The number of aryl methyl sites for hydroxylation is 4. The van der Waals surface area contributed by atoms with Gasteiger partial charge in [0, 0.05) is 31.3 Å². The van der Waals surface area contributed by atoms with E-state index >= 15 is 0 Å². The van der Waals surface area contributed by atoms with Crippen LogP contribution >= 0.6 is 0 Å². The van der Waals surface area contributed by atoms with Crippen molar-refractivity contribution in [2.24, 2.45) is 0 Å². The van der Waals surface area contributed by atoms with Gasteiger partial charge in [0.25, 0.3) is 0 Å². The Balaban J connectivity index is 1.59. The third kappa shape index (κ3) is 6.62. The standard InChI is InChI=1S/C23H27N5O2/c1-3-17-14-25-21(26-15-17)12-9-19-13-22(28-23(24)27-19)30-20-10-7-18(8-11-20)6-4-5-16(2)29/h7-8,10-11,13-15H,3-6,9,12H2,1-2H3,(H2,24,27,28). The molecule has 7 nitrogen and oxygen atoms in total. The zero-order valence-electron chi connectivity index (χ0n) is 17.5. The van der Waals surface area contributed by atoms with Gasteiger partial charge in [-0.25, -0.2) is 15.0 Å². The van der Waals surface area contributed by atoms with Crippen LogP contribution in [0, 0.1) is 0 Å². The lowest BCUT2D eigenvalue weighted by Gasteiger charge is -2.08. The highest BCUT2D eigenvalue weighted by atomic mass is 16.5. The molecule has 0 aliphatic rings. The van der Waals surface area contributed by atoms with Gasteiger partial charge in [0.05, 0.1) is 5.69 Å². The average Bonchev–Trinajstić information content (AvgIpc) is 2.73. The molecule has 0 spiro atoms. The summed E-state index contributed by atoms with van der Waals surface area (Å²) in [5.74, 6) is 2.24. The first-order chi connectivity index (χ1) is 14.5. The highest BCUT2D eigenvalue weighted by Gasteiger charge is 2.07. The number of hydrogen-bond acceptors (Lipinski definition) is 7. The van der Waals surface area contributed by atoms with Gasteiger partial charge in [0.2, 0.25) is 11.8 Å². The molecule has 2 aromatic heterocycles. The van der Waals surface area contributed by atoms with E-state index in [9.17, 15) is 4.79 Å². The molecule has 7 heteroatoms. The Hall–Kier alpha value is -3.35. The van der Waals surface area contributed by atoms with Gasteiger partial charge < -0.3 is 15.3 Å². The highest BCUT2D eigenvalue weighted by molar-refractivity contribution is 5.75. The van der Waals surface area contributed by atoms with Crippen molar-refractivity contribution in [3.8, 4) is 11.6 Å². The Labute approximate surface area is 176 Å². The van der Waals surface area contributed by atoms with Crippen molar-refractivity contribution >= 4 is 11.7 Å². The fourth-order valence-electron chi connectivity index (χ4n) is 2.99. The Bertz CT molecular complexity index is 972. The first-order valence-electron chi connectivity index (χ1n) is 10.2. The second-order valence-corrected chi connectivity index (χ2v) is 7.22. The molecule has 0 fully saturated rings. The number of ketones is 1. The van der Waals surface area contributed by atoms with Gasteiger partial charge in [-0.3, -0.25) is 0 Å². The van der Waals surface area contributed by atoms with E-state index in [1.807, 2.05) is 36.7 Å². The van der Waals surface area contributed by atoms with Crippen LogP contribution < -0.4 is 10.5 Å². The Morgan fingerprint density at radius 1 is 1.00 bits per heavy atom. The van der Waals surface area contributed by atoms with Gasteiger partial charge in [-0.15, -0.1) is 0 Å². The summed E-state index contributed by atoms with van der Waals surface area (Å²) in [6, 6.07) is 9.57. The predicted molar refractivity (Wildman–Crippen MR) is 115 cm³/mol. The monoisotopic (exact) mass is 405 g/mol. The van der Waals surface area contributed by atoms with E-state index in [4.69, 9.17) is 10.5 Å². The van der Waals surface area contributed by atoms with E-state index < -0.39 is 0 Å². The molecule has 156 valence electrons. The van der Waals surface area contributed by atoms with Crippen LogP contribution in [-0.2, 0) is 30.5 Å². The van der Waals surface area contributed by atoms with Crippen molar-refractivity contribution in [3.63, 3.8) is 0 Å². The second-order valence-electron chi connectivity index (χ2n) is 7.22. The summed E-state index contributed by atoms with van der Waals surface area (Å²) < 4.78 is 5.86. The van der Waals surface area contributed by atoms with Crippen LogP contribution in [-0.4, -0.2) is 25.7 Å². The average molecular weight is 406 g/mol. The van der Waals surface area contributed by atoms with Crippen LogP contribution in [0.2, 0.25) is 0 Å². The fourth-order valence-corrected chi connectivity index (χ4v) is 2.99. The number of carbonyl (C=O) groups excluding carboxylic acids is 1. The zero-order valence-corrected chi connectivity index (χ0v) is 17.5. The van der Waals surface area contributed by atoms with Crippen molar-refractivity contribution in [1.29, 1.82) is 0 Å². The van der Waals surface area contributed by atoms with Gasteiger partial charge in [0.15, 0.2) is 0 Å². The SMILES string of the molecule is CCc1cnc(CCc2cc(Oc3ccc(CCCC(C)=O)cc3)nc(N)n2)nc1. The quantitative estimate of drug-likeness (QED) is 0.545.